The number of benzene rings is 1. The van der Waals surface area contributed by atoms with E-state index in [0.29, 0.717) is 13.0 Å². The highest BCUT2D eigenvalue weighted by atomic mass is 16.4. The second kappa shape index (κ2) is 26.7. The standard InChI is InChI=1S/C9H11NO3.C6H14N2O2.C5H9NO2.C3H7NO3.C3H7NO2/c10-8(9(12)13)5-6-1-3-7(11)4-2-6;7-4-2-1-3-5(8)6(9)10;7-5(8)4-2-1-3-6-4;4-2(1-5)3(6)7;1-2(4)3(5)6/h1-4,8,11H,5,10H2,(H,12,13);5H,1-4,7-8H2,(H,9,10);4,6H,1-3H2,(H,7,8);2,5H,1,4H2,(H,6,7);2H,4H2,1H3,(H,5,6)/t8-;5-;4-;2*2-/m00000/s1. The van der Waals surface area contributed by atoms with Gasteiger partial charge in [-0.3, -0.25) is 24.0 Å². The van der Waals surface area contributed by atoms with Crippen LogP contribution >= 0.6 is 0 Å². The number of phenolic OH excluding ortho intramolecular Hbond substituents is 1. The number of unbranched alkanes of at least 4 members (excludes halogenated alkanes) is 1. The third-order valence-corrected chi connectivity index (χ3v) is 5.26. The molecular formula is C26H48N6O12. The molecule has 1 aliphatic rings. The van der Waals surface area contributed by atoms with Gasteiger partial charge in [-0.05, 0) is 69.8 Å². The van der Waals surface area contributed by atoms with Crippen LogP contribution in [0.2, 0.25) is 0 Å². The second-order valence-electron chi connectivity index (χ2n) is 9.29. The van der Waals surface area contributed by atoms with E-state index in [2.05, 4.69) is 5.32 Å². The first-order valence-electron chi connectivity index (χ1n) is 13.4. The lowest BCUT2D eigenvalue weighted by molar-refractivity contribution is -0.140. The average molecular weight is 637 g/mol. The van der Waals surface area contributed by atoms with Gasteiger partial charge in [0.2, 0.25) is 0 Å². The van der Waals surface area contributed by atoms with Gasteiger partial charge in [-0.2, -0.15) is 0 Å². The van der Waals surface area contributed by atoms with Gasteiger partial charge in [0.05, 0.1) is 6.61 Å². The summed E-state index contributed by atoms with van der Waals surface area (Å²) in [7, 11) is 0. The predicted octanol–water partition coefficient (Wildman–Crippen LogP) is -2.49. The van der Waals surface area contributed by atoms with Gasteiger partial charge in [-0.25, -0.2) is 0 Å². The number of aromatic hydroxyl groups is 1. The van der Waals surface area contributed by atoms with Gasteiger partial charge in [0, 0.05) is 0 Å². The van der Waals surface area contributed by atoms with Gasteiger partial charge >= 0.3 is 29.8 Å². The smallest absolute Gasteiger partial charge is 0.322 e. The monoisotopic (exact) mass is 636 g/mol. The molecule has 0 unspecified atom stereocenters. The molecule has 1 aliphatic heterocycles. The lowest BCUT2D eigenvalue weighted by Gasteiger charge is -2.05. The number of aliphatic hydroxyl groups excluding tert-OH is 1. The lowest BCUT2D eigenvalue weighted by Crippen LogP contribution is -2.33. The molecule has 1 heterocycles. The summed E-state index contributed by atoms with van der Waals surface area (Å²) in [4.78, 5) is 49.9. The van der Waals surface area contributed by atoms with E-state index in [1.54, 1.807) is 12.1 Å². The molecule has 18 heteroatoms. The van der Waals surface area contributed by atoms with Crippen molar-refractivity contribution >= 4 is 29.8 Å². The molecule has 0 saturated carbocycles. The van der Waals surface area contributed by atoms with Gasteiger partial charge in [0.1, 0.15) is 36.0 Å². The maximum atomic E-state index is 10.4. The van der Waals surface area contributed by atoms with Crippen molar-refractivity contribution < 1.29 is 59.7 Å². The first-order chi connectivity index (χ1) is 20.4. The van der Waals surface area contributed by atoms with Crippen LogP contribution in [0.3, 0.4) is 0 Å². The van der Waals surface area contributed by atoms with Crippen molar-refractivity contribution in [2.24, 2.45) is 28.7 Å². The Kier molecular flexibility index (Phi) is 27.0. The Morgan fingerprint density at radius 2 is 1.30 bits per heavy atom. The summed E-state index contributed by atoms with van der Waals surface area (Å²) in [5.74, 6) is -4.65. The Labute approximate surface area is 254 Å². The zero-order valence-corrected chi connectivity index (χ0v) is 24.6. The van der Waals surface area contributed by atoms with E-state index >= 15 is 0 Å². The van der Waals surface area contributed by atoms with Crippen molar-refractivity contribution in [2.75, 3.05) is 19.7 Å². The van der Waals surface area contributed by atoms with Crippen LogP contribution in [0.1, 0.15) is 44.6 Å². The van der Waals surface area contributed by atoms with E-state index in [1.165, 1.54) is 19.1 Å². The number of carboxylic acids is 5. The first-order valence-corrected chi connectivity index (χ1v) is 13.4. The number of carbonyl (C=O) groups is 5. The number of hydrogen-bond acceptors (Lipinski definition) is 13. The fourth-order valence-electron chi connectivity index (χ4n) is 2.58. The molecular weight excluding hydrogens is 588 g/mol. The highest BCUT2D eigenvalue weighted by Gasteiger charge is 2.20. The molecule has 1 saturated heterocycles. The predicted molar refractivity (Wildman–Crippen MR) is 159 cm³/mol. The SMILES string of the molecule is C[C@H](N)C(=O)O.NCCCC[C@H](N)C(=O)O.N[C@@H](CO)C(=O)O.N[C@@H](Cc1ccc(O)cc1)C(=O)O.O=C(O)[C@@H]1CCCN1. The third-order valence-electron chi connectivity index (χ3n) is 5.26. The number of aliphatic carboxylic acids is 5. The number of aliphatic hydroxyl groups is 1. The average Bonchev–Trinajstić information content (AvgIpc) is 3.51. The molecule has 18 N–H and O–H groups in total. The van der Waals surface area contributed by atoms with Gasteiger partial charge in [0.25, 0.3) is 0 Å². The molecule has 0 aromatic heterocycles. The second-order valence-corrected chi connectivity index (χ2v) is 9.29. The Morgan fingerprint density at radius 3 is 1.57 bits per heavy atom. The Bertz CT molecular complexity index is 959. The molecule has 0 bridgehead atoms. The van der Waals surface area contributed by atoms with Crippen molar-refractivity contribution in [3.8, 4) is 5.75 Å². The highest BCUT2D eigenvalue weighted by Crippen LogP contribution is 2.10. The van der Waals surface area contributed by atoms with Crippen LogP contribution in [-0.2, 0) is 30.4 Å². The molecule has 1 aromatic rings. The molecule has 1 aromatic carbocycles. The summed E-state index contributed by atoms with van der Waals surface area (Å²) in [5.41, 5.74) is 26.1. The summed E-state index contributed by atoms with van der Waals surface area (Å²) in [5, 5.41) is 60.8. The van der Waals surface area contributed by atoms with E-state index in [9.17, 15) is 24.0 Å². The van der Waals surface area contributed by atoms with Gasteiger partial charge in [-0.15, -0.1) is 0 Å². The van der Waals surface area contributed by atoms with Crippen molar-refractivity contribution in [3.05, 3.63) is 29.8 Å². The van der Waals surface area contributed by atoms with Crippen molar-refractivity contribution in [3.63, 3.8) is 0 Å². The maximum Gasteiger partial charge on any atom is 0.322 e. The van der Waals surface area contributed by atoms with E-state index in [4.69, 9.17) is 64.4 Å². The summed E-state index contributed by atoms with van der Waals surface area (Å²) in [6.45, 7) is 2.38. The number of nitrogens with one attached hydrogen (secondary N) is 1. The van der Waals surface area contributed by atoms with E-state index in [-0.39, 0.29) is 18.2 Å². The minimum Gasteiger partial charge on any atom is -0.508 e. The minimum absolute atomic E-state index is 0.160. The molecule has 18 nitrogen and oxygen atoms in total. The van der Waals surface area contributed by atoms with Crippen LogP contribution in [0, 0.1) is 0 Å². The third kappa shape index (κ3) is 27.0. The molecule has 254 valence electrons. The van der Waals surface area contributed by atoms with Crippen LogP contribution in [0.15, 0.2) is 24.3 Å². The van der Waals surface area contributed by atoms with Crippen LogP contribution in [0.5, 0.6) is 5.75 Å². The fraction of sp³-hybridized carbons (Fsp3) is 0.577. The number of carboxylic acid groups (broad SMARTS) is 5. The van der Waals surface area contributed by atoms with Crippen LogP contribution in [-0.4, -0.2) is 115 Å². The molecule has 0 radical (unpaired) electrons. The van der Waals surface area contributed by atoms with Crippen molar-refractivity contribution in [2.45, 2.75) is 75.7 Å². The molecule has 44 heavy (non-hydrogen) atoms. The van der Waals surface area contributed by atoms with Crippen molar-refractivity contribution in [1.82, 2.24) is 5.32 Å². The summed E-state index contributed by atoms with van der Waals surface area (Å²) < 4.78 is 0. The van der Waals surface area contributed by atoms with Crippen LogP contribution in [0.25, 0.3) is 0 Å². The van der Waals surface area contributed by atoms with E-state index in [1.807, 2.05) is 0 Å². The molecule has 0 aliphatic carbocycles. The Balaban J connectivity index is -0.000000492. The fourth-order valence-corrected chi connectivity index (χ4v) is 2.58. The van der Waals surface area contributed by atoms with E-state index in [0.717, 1.165) is 37.8 Å². The molecule has 0 spiro atoms. The minimum atomic E-state index is -1.18. The zero-order valence-electron chi connectivity index (χ0n) is 24.6. The highest BCUT2D eigenvalue weighted by molar-refractivity contribution is 5.74. The molecule has 2 rings (SSSR count). The Hall–Kier alpha value is -3.91. The normalized spacial score (nSPS) is 15.8. The number of phenols is 1. The number of nitrogens with two attached hydrogens (primary N) is 5. The first kappa shape index (κ1) is 44.5. The lowest BCUT2D eigenvalue weighted by atomic mass is 10.1. The van der Waals surface area contributed by atoms with Gasteiger partial charge in [-0.1, -0.05) is 18.6 Å². The Morgan fingerprint density at radius 1 is 0.818 bits per heavy atom. The van der Waals surface area contributed by atoms with Crippen LogP contribution < -0.4 is 34.0 Å². The topological polar surface area (TPSA) is 369 Å². The summed E-state index contributed by atoms with van der Waals surface area (Å²) in [6, 6.07) is 2.58. The van der Waals surface area contributed by atoms with Crippen molar-refractivity contribution in [1.29, 1.82) is 0 Å². The van der Waals surface area contributed by atoms with Crippen LogP contribution in [0.4, 0.5) is 0 Å². The molecule has 1 fully saturated rings. The zero-order chi connectivity index (χ0) is 34.8. The van der Waals surface area contributed by atoms with Gasteiger partial charge in [0.15, 0.2) is 0 Å². The van der Waals surface area contributed by atoms with Gasteiger partial charge < -0.3 is 69.7 Å². The summed E-state index contributed by atoms with van der Waals surface area (Å²) >= 11 is 0. The molecule has 0 amide bonds. The summed E-state index contributed by atoms with van der Waals surface area (Å²) in [6.07, 6.45) is 4.22. The number of hydrogen-bond donors (Lipinski definition) is 13. The number of rotatable bonds is 12. The molecule has 5 atom stereocenters. The van der Waals surface area contributed by atoms with E-state index < -0.39 is 60.6 Å². The quantitative estimate of drug-likeness (QED) is 0.105. The largest absolute Gasteiger partial charge is 0.508 e. The maximum absolute atomic E-state index is 10.4.